The Kier molecular flexibility index (Phi) is 11.5. The van der Waals surface area contributed by atoms with Gasteiger partial charge in [-0.2, -0.15) is 0 Å². The van der Waals surface area contributed by atoms with Gasteiger partial charge in [0.2, 0.25) is 0 Å². The molecule has 0 aromatic heterocycles. The fourth-order valence-electron chi connectivity index (χ4n) is 0. The fraction of sp³-hybridized carbons (Fsp3) is 0.833. The molecule has 0 bridgehead atoms. The molecule has 0 heterocycles. The monoisotopic (exact) mass is 287 g/mol. The maximum absolute atomic E-state index is 8.28. The molecule has 0 aliphatic carbocycles. The minimum atomic E-state index is -0.0278. The van der Waals surface area contributed by atoms with Gasteiger partial charge in [-0.1, -0.05) is 28.2 Å². The molecule has 0 atom stereocenters. The predicted octanol–water partition coefficient (Wildman–Crippen LogP) is 2.20. The zero-order valence-corrected chi connectivity index (χ0v) is 7.87. The molecule has 0 amide bonds. The van der Waals surface area contributed by atoms with Crippen molar-refractivity contribution in [3.8, 4) is 0 Å². The van der Waals surface area contributed by atoms with Crippen LogP contribution in [0.2, 0.25) is 0 Å². The first-order chi connectivity index (χ1) is 2.56. The molecule has 0 unspecified atom stereocenters. The second-order valence-electron chi connectivity index (χ2n) is 2.50. The van der Waals surface area contributed by atoms with Gasteiger partial charge in [0.1, 0.15) is 0 Å². The largest absolute Gasteiger partial charge is 0.565 e. The molecule has 2 heteroatoms. The van der Waals surface area contributed by atoms with Crippen molar-refractivity contribution in [3.63, 3.8) is 0 Å². The maximum Gasteiger partial charge on any atom is 0 e. The molecule has 0 rings (SSSR count). The first-order valence-corrected chi connectivity index (χ1v) is 2.05. The Morgan fingerprint density at radius 3 is 1.38 bits per heavy atom. The van der Waals surface area contributed by atoms with Gasteiger partial charge in [0.05, 0.1) is 0 Å². The molecule has 1 nitrogen and oxygen atoms in total. The van der Waals surface area contributed by atoms with Crippen LogP contribution in [0, 0.1) is 12.0 Å². The van der Waals surface area contributed by atoms with Gasteiger partial charge in [0.15, 0.2) is 0 Å². The average Bonchev–Trinajstić information content (AvgIpc) is 1.35. The zero-order chi connectivity index (χ0) is 5.21. The summed E-state index contributed by atoms with van der Waals surface area (Å²) in [5.41, 5.74) is -0.0278. The number of aliphatic hydroxyl groups excluding tert-OH is 1. The van der Waals surface area contributed by atoms with E-state index in [0.717, 1.165) is 0 Å². The Morgan fingerprint density at radius 2 is 1.38 bits per heavy atom. The Labute approximate surface area is 66.8 Å². The molecule has 1 N–H and O–H groups in total. The van der Waals surface area contributed by atoms with Crippen LogP contribution in [0.5, 0.6) is 0 Å². The number of hydrogen-bond acceptors (Lipinski definition) is 1. The van der Waals surface area contributed by atoms with Crippen molar-refractivity contribution >= 4 is 0 Å². The Morgan fingerprint density at radius 1 is 1.25 bits per heavy atom. The number of aliphatic hydroxyl groups is 1. The van der Waals surface area contributed by atoms with Crippen LogP contribution in [0.1, 0.15) is 28.2 Å². The van der Waals surface area contributed by atoms with Gasteiger partial charge in [-0.05, 0) is 0 Å². The van der Waals surface area contributed by atoms with Crippen molar-refractivity contribution in [3.05, 3.63) is 6.61 Å². The Hall–Kier alpha value is 0.648. The van der Waals surface area contributed by atoms with Crippen LogP contribution in [-0.4, -0.2) is 5.11 Å². The first kappa shape index (κ1) is 15.9. The Balaban J connectivity index is -0.000000125. The molecule has 0 fully saturated rings. The van der Waals surface area contributed by atoms with Crippen LogP contribution in [-0.2, 0) is 21.1 Å². The van der Waals surface area contributed by atoms with E-state index in [0.29, 0.717) is 0 Å². The topological polar surface area (TPSA) is 20.2 Å². The van der Waals surface area contributed by atoms with E-state index in [9.17, 15) is 0 Å². The minimum Gasteiger partial charge on any atom is -0.565 e. The van der Waals surface area contributed by atoms with E-state index in [-0.39, 0.29) is 33.9 Å². The van der Waals surface area contributed by atoms with Crippen LogP contribution >= 0.6 is 0 Å². The van der Waals surface area contributed by atoms with Gasteiger partial charge in [-0.25, -0.2) is 6.61 Å². The summed E-state index contributed by atoms with van der Waals surface area (Å²) >= 11 is 0. The molecule has 8 heavy (non-hydrogen) atoms. The summed E-state index contributed by atoms with van der Waals surface area (Å²) in [4.78, 5) is 0. The van der Waals surface area contributed by atoms with Crippen molar-refractivity contribution in [1.29, 1.82) is 0 Å². The van der Waals surface area contributed by atoms with Gasteiger partial charge in [0, 0.05) is 21.1 Å². The van der Waals surface area contributed by atoms with Crippen molar-refractivity contribution in [2.75, 3.05) is 0 Å². The van der Waals surface area contributed by atoms with Crippen molar-refractivity contribution in [2.24, 2.45) is 5.41 Å². The van der Waals surface area contributed by atoms with Gasteiger partial charge >= 0.3 is 0 Å². The van der Waals surface area contributed by atoms with E-state index >= 15 is 0 Å². The summed E-state index contributed by atoms with van der Waals surface area (Å²) < 4.78 is 0. The molecule has 0 aromatic rings. The van der Waals surface area contributed by atoms with E-state index in [2.05, 4.69) is 0 Å². The van der Waals surface area contributed by atoms with Crippen LogP contribution < -0.4 is 0 Å². The third-order valence-corrected chi connectivity index (χ3v) is 0.387. The summed E-state index contributed by atoms with van der Waals surface area (Å²) in [6.07, 6.45) is 0. The van der Waals surface area contributed by atoms with Crippen molar-refractivity contribution in [2.45, 2.75) is 28.2 Å². The second-order valence-corrected chi connectivity index (χ2v) is 2.50. The third kappa shape index (κ3) is 15.9. The summed E-state index contributed by atoms with van der Waals surface area (Å²) in [5, 5.41) is 8.28. The predicted molar refractivity (Wildman–Crippen MR) is 32.4 cm³/mol. The summed E-state index contributed by atoms with van der Waals surface area (Å²) in [6, 6.07) is 0. The molecule has 0 aliphatic rings. The van der Waals surface area contributed by atoms with Gasteiger partial charge in [-0.3, -0.25) is 0 Å². The summed E-state index contributed by atoms with van der Waals surface area (Å²) in [7, 11) is 0. The number of hydrogen-bond donors (Lipinski definition) is 1. The van der Waals surface area contributed by atoms with E-state index in [1.807, 2.05) is 20.8 Å². The van der Waals surface area contributed by atoms with E-state index in [4.69, 9.17) is 5.11 Å². The van der Waals surface area contributed by atoms with Gasteiger partial charge in [0.25, 0.3) is 0 Å². The smallest absolute Gasteiger partial charge is 0 e. The van der Waals surface area contributed by atoms with Crippen molar-refractivity contribution in [1.82, 2.24) is 0 Å². The van der Waals surface area contributed by atoms with E-state index < -0.39 is 0 Å². The third-order valence-electron chi connectivity index (χ3n) is 0.387. The Bertz CT molecular complexity index is 38.3. The summed E-state index contributed by atoms with van der Waals surface area (Å²) in [6.45, 7) is 7.00. The molecule has 52 valence electrons. The number of rotatable bonds is 0. The van der Waals surface area contributed by atoms with Crippen LogP contribution in [0.3, 0.4) is 0 Å². The SMILES string of the molecule is C.CC(C)(C)[CH-]O.[W]. The van der Waals surface area contributed by atoms with E-state index in [1.165, 1.54) is 6.61 Å². The second kappa shape index (κ2) is 5.78. The molecule has 0 aliphatic heterocycles. The van der Waals surface area contributed by atoms with Crippen LogP contribution in [0.15, 0.2) is 0 Å². The first-order valence-electron chi connectivity index (χ1n) is 2.05. The van der Waals surface area contributed by atoms with Crippen LogP contribution in [0.4, 0.5) is 0 Å². The fourth-order valence-corrected chi connectivity index (χ4v) is 0. The average molecular weight is 287 g/mol. The summed E-state index contributed by atoms with van der Waals surface area (Å²) in [5.74, 6) is 0. The van der Waals surface area contributed by atoms with E-state index in [1.54, 1.807) is 0 Å². The van der Waals surface area contributed by atoms with Gasteiger partial charge in [-0.15, -0.1) is 5.41 Å². The molecular formula is C6H15OW-. The standard InChI is InChI=1S/C5H11O.CH4.W/c1-5(2,3)4-6;;/h4,6H,1-3H3;1H4;/q-1;;. The van der Waals surface area contributed by atoms with Crippen LogP contribution in [0.25, 0.3) is 0 Å². The van der Waals surface area contributed by atoms with Crippen molar-refractivity contribution < 1.29 is 26.2 Å². The molecular weight excluding hydrogens is 272 g/mol. The normalized spacial score (nSPS) is 9.00. The molecule has 0 spiro atoms. The molecule has 0 radical (unpaired) electrons. The van der Waals surface area contributed by atoms with Gasteiger partial charge < -0.3 is 5.11 Å². The molecule has 0 saturated heterocycles. The zero-order valence-electron chi connectivity index (χ0n) is 4.93. The molecule has 0 aromatic carbocycles. The molecule has 0 saturated carbocycles. The quantitative estimate of drug-likeness (QED) is 0.677. The minimum absolute atomic E-state index is 0. The maximum atomic E-state index is 8.28.